The number of carbonyl (C=O) groups excluding carboxylic acids is 2. The van der Waals surface area contributed by atoms with E-state index < -0.39 is 0 Å². The molecule has 2 aromatic rings. The molecule has 2 aromatic carbocycles. The van der Waals surface area contributed by atoms with Gasteiger partial charge in [0.25, 0.3) is 5.91 Å². The van der Waals surface area contributed by atoms with Gasteiger partial charge in [-0.25, -0.2) is 0 Å². The molecule has 0 aliphatic carbocycles. The Labute approximate surface area is 136 Å². The minimum absolute atomic E-state index is 0.171. The van der Waals surface area contributed by atoms with E-state index in [-0.39, 0.29) is 18.2 Å². The molecule has 114 valence electrons. The predicted molar refractivity (Wildman–Crippen MR) is 86.4 cm³/mol. The van der Waals surface area contributed by atoms with Gasteiger partial charge >= 0.3 is 0 Å². The molecule has 0 unspecified atom stereocenters. The molecule has 0 spiro atoms. The van der Waals surface area contributed by atoms with Crippen molar-refractivity contribution >= 4 is 27.7 Å². The Morgan fingerprint density at radius 3 is 2.23 bits per heavy atom. The second kappa shape index (κ2) is 7.61. The third kappa shape index (κ3) is 4.60. The van der Waals surface area contributed by atoms with Gasteiger partial charge in [-0.2, -0.15) is 0 Å². The summed E-state index contributed by atoms with van der Waals surface area (Å²) in [6.07, 6.45) is 0.171. The topological polar surface area (TPSA) is 67.4 Å². The van der Waals surface area contributed by atoms with Crippen molar-refractivity contribution in [3.8, 4) is 5.75 Å². The second-order valence-corrected chi connectivity index (χ2v) is 5.45. The first-order chi connectivity index (χ1) is 10.6. The van der Waals surface area contributed by atoms with Gasteiger partial charge in [-0.15, -0.1) is 0 Å². The minimum Gasteiger partial charge on any atom is -0.497 e. The number of benzene rings is 2. The van der Waals surface area contributed by atoms with Gasteiger partial charge in [0.1, 0.15) is 5.75 Å². The molecule has 0 saturated heterocycles. The van der Waals surface area contributed by atoms with Gasteiger partial charge in [-0.05, 0) is 42.0 Å². The maximum atomic E-state index is 11.8. The minimum atomic E-state index is -0.365. The number of hydrogen-bond donors (Lipinski definition) is 2. The highest BCUT2D eigenvalue weighted by atomic mass is 79.9. The quantitative estimate of drug-likeness (QED) is 0.821. The predicted octanol–water partition coefficient (Wildman–Crippen LogP) is 2.46. The Morgan fingerprint density at radius 1 is 1.00 bits per heavy atom. The molecular weight excluding hydrogens is 348 g/mol. The molecule has 0 saturated carbocycles. The number of amides is 2. The highest BCUT2D eigenvalue weighted by molar-refractivity contribution is 9.10. The third-order valence-electron chi connectivity index (χ3n) is 2.95. The fourth-order valence-corrected chi connectivity index (χ4v) is 2.04. The van der Waals surface area contributed by atoms with Crippen LogP contribution in [0.1, 0.15) is 15.9 Å². The lowest BCUT2D eigenvalue weighted by Gasteiger charge is -2.08. The number of halogens is 1. The second-order valence-electron chi connectivity index (χ2n) is 4.53. The molecule has 0 aliphatic rings. The first kappa shape index (κ1) is 16.0. The van der Waals surface area contributed by atoms with Crippen molar-refractivity contribution in [2.24, 2.45) is 0 Å². The summed E-state index contributed by atoms with van der Waals surface area (Å²) in [5, 5.41) is 0. The first-order valence-corrected chi connectivity index (χ1v) is 7.35. The Balaban J connectivity index is 1.84. The van der Waals surface area contributed by atoms with Crippen molar-refractivity contribution in [3.05, 3.63) is 64.1 Å². The number of hydrogen-bond acceptors (Lipinski definition) is 3. The van der Waals surface area contributed by atoms with Crippen molar-refractivity contribution < 1.29 is 14.3 Å². The zero-order chi connectivity index (χ0) is 15.9. The number of ether oxygens (including phenoxy) is 1. The van der Waals surface area contributed by atoms with Crippen LogP contribution in [-0.4, -0.2) is 18.9 Å². The lowest BCUT2D eigenvalue weighted by atomic mass is 10.1. The summed E-state index contributed by atoms with van der Waals surface area (Å²) in [7, 11) is 1.58. The number of hydrazine groups is 1. The van der Waals surface area contributed by atoms with Crippen LogP contribution in [0, 0.1) is 0 Å². The van der Waals surface area contributed by atoms with Gasteiger partial charge in [-0.1, -0.05) is 28.1 Å². The summed E-state index contributed by atoms with van der Waals surface area (Å²) in [5.41, 5.74) is 6.07. The van der Waals surface area contributed by atoms with Gasteiger partial charge in [-0.3, -0.25) is 20.4 Å². The molecule has 2 amide bonds. The van der Waals surface area contributed by atoms with Crippen molar-refractivity contribution in [3.63, 3.8) is 0 Å². The van der Waals surface area contributed by atoms with E-state index in [0.717, 1.165) is 15.8 Å². The smallest absolute Gasteiger partial charge is 0.269 e. The van der Waals surface area contributed by atoms with Crippen molar-refractivity contribution in [2.45, 2.75) is 6.42 Å². The first-order valence-electron chi connectivity index (χ1n) is 6.56. The van der Waals surface area contributed by atoms with Crippen LogP contribution in [0.2, 0.25) is 0 Å². The highest BCUT2D eigenvalue weighted by Crippen LogP contribution is 2.12. The van der Waals surface area contributed by atoms with Crippen molar-refractivity contribution in [2.75, 3.05) is 7.11 Å². The molecule has 6 heteroatoms. The van der Waals surface area contributed by atoms with E-state index in [9.17, 15) is 9.59 Å². The summed E-state index contributed by atoms with van der Waals surface area (Å²) in [5.74, 6) is 0.0684. The van der Waals surface area contributed by atoms with Gasteiger partial charge in [0.15, 0.2) is 0 Å². The lowest BCUT2D eigenvalue weighted by Crippen LogP contribution is -2.42. The number of carbonyl (C=O) groups is 2. The molecule has 0 aliphatic heterocycles. The van der Waals surface area contributed by atoms with Crippen LogP contribution < -0.4 is 15.6 Å². The normalized spacial score (nSPS) is 9.91. The van der Waals surface area contributed by atoms with Crippen molar-refractivity contribution in [1.82, 2.24) is 10.9 Å². The summed E-state index contributed by atoms with van der Waals surface area (Å²) in [6, 6.07) is 14.0. The zero-order valence-electron chi connectivity index (χ0n) is 11.9. The van der Waals surface area contributed by atoms with Gasteiger partial charge in [0.05, 0.1) is 13.5 Å². The lowest BCUT2D eigenvalue weighted by molar-refractivity contribution is -0.121. The van der Waals surface area contributed by atoms with Gasteiger partial charge in [0, 0.05) is 10.0 Å². The molecule has 5 nitrogen and oxygen atoms in total. The third-order valence-corrected chi connectivity index (χ3v) is 3.47. The van der Waals surface area contributed by atoms with E-state index in [0.29, 0.717) is 5.56 Å². The van der Waals surface area contributed by atoms with Crippen LogP contribution in [0.15, 0.2) is 53.0 Å². The van der Waals surface area contributed by atoms with E-state index in [1.807, 2.05) is 0 Å². The molecule has 0 aromatic heterocycles. The molecule has 22 heavy (non-hydrogen) atoms. The summed E-state index contributed by atoms with van der Waals surface area (Å²) >= 11 is 3.29. The molecule has 0 heterocycles. The summed E-state index contributed by atoms with van der Waals surface area (Å²) in [6.45, 7) is 0. The van der Waals surface area contributed by atoms with E-state index in [4.69, 9.17) is 4.74 Å². The summed E-state index contributed by atoms with van der Waals surface area (Å²) in [4.78, 5) is 23.6. The van der Waals surface area contributed by atoms with Crippen LogP contribution in [0.25, 0.3) is 0 Å². The van der Waals surface area contributed by atoms with Gasteiger partial charge in [0.2, 0.25) is 5.91 Å². The highest BCUT2D eigenvalue weighted by Gasteiger charge is 2.08. The largest absolute Gasteiger partial charge is 0.497 e. The molecule has 0 atom stereocenters. The van der Waals surface area contributed by atoms with Crippen molar-refractivity contribution in [1.29, 1.82) is 0 Å². The maximum Gasteiger partial charge on any atom is 0.269 e. The molecule has 2 N–H and O–H groups in total. The molecule has 0 bridgehead atoms. The average molecular weight is 363 g/mol. The Bertz CT molecular complexity index is 654. The summed E-state index contributed by atoms with van der Waals surface area (Å²) < 4.78 is 5.93. The zero-order valence-corrected chi connectivity index (χ0v) is 13.5. The van der Waals surface area contributed by atoms with Gasteiger partial charge < -0.3 is 4.74 Å². The standard InChI is InChI=1S/C16H15BrN2O3/c1-22-14-8-2-11(3-9-14)10-15(20)18-19-16(21)12-4-6-13(17)7-5-12/h2-9H,10H2,1H3,(H,18,20)(H,19,21). The fraction of sp³-hybridized carbons (Fsp3) is 0.125. The van der Waals surface area contributed by atoms with E-state index in [2.05, 4.69) is 26.8 Å². The Hall–Kier alpha value is -2.34. The van der Waals surface area contributed by atoms with Crippen LogP contribution in [0.5, 0.6) is 5.75 Å². The molecule has 0 radical (unpaired) electrons. The van der Waals surface area contributed by atoms with E-state index in [1.54, 1.807) is 55.6 Å². The Morgan fingerprint density at radius 2 is 1.64 bits per heavy atom. The van der Waals surface area contributed by atoms with Crippen LogP contribution >= 0.6 is 15.9 Å². The maximum absolute atomic E-state index is 11.8. The molecular formula is C16H15BrN2O3. The SMILES string of the molecule is COc1ccc(CC(=O)NNC(=O)c2ccc(Br)cc2)cc1. The average Bonchev–Trinajstić information content (AvgIpc) is 2.54. The Kier molecular flexibility index (Phi) is 5.55. The molecule has 2 rings (SSSR count). The molecule has 0 fully saturated rings. The van der Waals surface area contributed by atoms with Crippen LogP contribution in [-0.2, 0) is 11.2 Å². The number of rotatable bonds is 4. The van der Waals surface area contributed by atoms with E-state index in [1.165, 1.54) is 0 Å². The van der Waals surface area contributed by atoms with Crippen LogP contribution in [0.3, 0.4) is 0 Å². The number of methoxy groups -OCH3 is 1. The fourth-order valence-electron chi connectivity index (χ4n) is 1.77. The van der Waals surface area contributed by atoms with E-state index >= 15 is 0 Å². The van der Waals surface area contributed by atoms with Crippen LogP contribution in [0.4, 0.5) is 0 Å². The number of nitrogens with one attached hydrogen (secondary N) is 2. The monoisotopic (exact) mass is 362 g/mol.